The molecule has 1 fully saturated rings. The Kier molecular flexibility index (Phi) is 5.87. The minimum Gasteiger partial charge on any atom is -0.489 e. The molecule has 1 saturated heterocycles. The third kappa shape index (κ3) is 4.23. The van der Waals surface area contributed by atoms with Crippen molar-refractivity contribution in [3.8, 4) is 5.75 Å². The lowest BCUT2D eigenvalue weighted by atomic mass is 10.1. The largest absolute Gasteiger partial charge is 0.489 e. The van der Waals surface area contributed by atoms with Gasteiger partial charge in [0.1, 0.15) is 12.4 Å². The molecule has 0 spiro atoms. The Morgan fingerprint density at radius 2 is 1.90 bits per heavy atom. The van der Waals surface area contributed by atoms with Crippen molar-refractivity contribution in [3.05, 3.63) is 36.2 Å². The van der Waals surface area contributed by atoms with Crippen LogP contribution < -0.4 is 15.4 Å². The molecule has 1 aliphatic heterocycles. The van der Waals surface area contributed by atoms with Gasteiger partial charge in [0.15, 0.2) is 0 Å². The Bertz CT molecular complexity index is 425. The average molecular weight is 278 g/mol. The maximum atomic E-state index is 12.6. The zero-order valence-corrected chi connectivity index (χ0v) is 11.9. The van der Waals surface area contributed by atoms with E-state index in [4.69, 9.17) is 10.5 Å². The van der Waals surface area contributed by atoms with Crippen molar-refractivity contribution in [2.24, 2.45) is 5.73 Å². The molecule has 4 heteroatoms. The van der Waals surface area contributed by atoms with Crippen LogP contribution in [0.15, 0.2) is 36.2 Å². The molecule has 0 aromatic heterocycles. The first-order valence-corrected chi connectivity index (χ1v) is 7.29. The van der Waals surface area contributed by atoms with Crippen LogP contribution in [0.5, 0.6) is 5.75 Å². The first kappa shape index (κ1) is 14.9. The number of rotatable bonds is 6. The van der Waals surface area contributed by atoms with E-state index in [-0.39, 0.29) is 6.61 Å². The second-order valence-electron chi connectivity index (χ2n) is 5.14. The lowest BCUT2D eigenvalue weighted by Gasteiger charge is -2.28. The molecule has 2 N–H and O–H groups in total. The molecular weight excluding hydrogens is 255 g/mol. The summed E-state index contributed by atoms with van der Waals surface area (Å²) in [5, 5.41) is 0. The van der Waals surface area contributed by atoms with E-state index >= 15 is 0 Å². The number of anilines is 1. The van der Waals surface area contributed by atoms with Crippen LogP contribution in [0.4, 0.5) is 10.1 Å². The predicted molar refractivity (Wildman–Crippen MR) is 80.9 cm³/mol. The number of nitrogens with zero attached hydrogens (tertiary/aromatic N) is 1. The molecule has 0 amide bonds. The first-order chi connectivity index (χ1) is 9.83. The molecule has 1 aromatic carbocycles. The molecule has 0 aliphatic carbocycles. The van der Waals surface area contributed by atoms with E-state index in [0.717, 1.165) is 18.8 Å². The Morgan fingerprint density at radius 3 is 2.50 bits per heavy atom. The summed E-state index contributed by atoms with van der Waals surface area (Å²) in [4.78, 5) is 2.40. The first-order valence-electron chi connectivity index (χ1n) is 7.29. The van der Waals surface area contributed by atoms with Crippen LogP contribution in [0.2, 0.25) is 0 Å². The van der Waals surface area contributed by atoms with Gasteiger partial charge in [-0.05, 0) is 62.1 Å². The highest BCUT2D eigenvalue weighted by atomic mass is 19.1. The number of hydrogen-bond donors (Lipinski definition) is 1. The zero-order valence-electron chi connectivity index (χ0n) is 11.9. The van der Waals surface area contributed by atoms with Crippen LogP contribution in [0.1, 0.15) is 25.7 Å². The molecule has 20 heavy (non-hydrogen) atoms. The third-order valence-corrected chi connectivity index (χ3v) is 3.60. The lowest BCUT2D eigenvalue weighted by Crippen LogP contribution is -2.29. The molecule has 1 aromatic rings. The summed E-state index contributed by atoms with van der Waals surface area (Å²) in [6, 6.07) is 8.04. The molecule has 0 unspecified atom stereocenters. The second kappa shape index (κ2) is 7.90. The Labute approximate surface area is 120 Å². The molecule has 0 atom stereocenters. The van der Waals surface area contributed by atoms with E-state index in [1.54, 1.807) is 0 Å². The van der Waals surface area contributed by atoms with Crippen LogP contribution in [0.3, 0.4) is 0 Å². The van der Waals surface area contributed by atoms with Gasteiger partial charge in [-0.25, -0.2) is 4.39 Å². The summed E-state index contributed by atoms with van der Waals surface area (Å²) < 4.78 is 18.1. The van der Waals surface area contributed by atoms with Crippen molar-refractivity contribution in [2.45, 2.75) is 25.7 Å². The second-order valence-corrected chi connectivity index (χ2v) is 5.14. The molecule has 1 aliphatic rings. The van der Waals surface area contributed by atoms with Crippen LogP contribution in [0, 0.1) is 0 Å². The van der Waals surface area contributed by atoms with Crippen LogP contribution in [0.25, 0.3) is 0 Å². The Hall–Kier alpha value is -1.55. The minimum atomic E-state index is 0.261. The zero-order chi connectivity index (χ0) is 14.2. The van der Waals surface area contributed by atoms with E-state index < -0.39 is 0 Å². The van der Waals surface area contributed by atoms with E-state index in [1.807, 2.05) is 12.1 Å². The molecule has 2 rings (SSSR count). The van der Waals surface area contributed by atoms with Crippen LogP contribution in [-0.4, -0.2) is 26.2 Å². The lowest BCUT2D eigenvalue weighted by molar-refractivity contribution is 0.345. The average Bonchev–Trinajstić information content (AvgIpc) is 2.53. The van der Waals surface area contributed by atoms with E-state index in [9.17, 15) is 4.39 Å². The highest BCUT2D eigenvalue weighted by Crippen LogP contribution is 2.23. The smallest absolute Gasteiger partial charge is 0.119 e. The Balaban J connectivity index is 1.87. The van der Waals surface area contributed by atoms with Gasteiger partial charge >= 0.3 is 0 Å². The van der Waals surface area contributed by atoms with E-state index in [2.05, 4.69) is 17.0 Å². The van der Waals surface area contributed by atoms with Crippen molar-refractivity contribution in [1.29, 1.82) is 0 Å². The normalized spacial score (nSPS) is 16.3. The summed E-state index contributed by atoms with van der Waals surface area (Å²) in [7, 11) is 0. The van der Waals surface area contributed by atoms with E-state index in [1.165, 1.54) is 24.9 Å². The highest BCUT2D eigenvalue weighted by Gasteiger charge is 2.10. The minimum absolute atomic E-state index is 0.261. The quantitative estimate of drug-likeness (QED) is 0.868. The number of piperidine rings is 1. The summed E-state index contributed by atoms with van der Waals surface area (Å²) in [6.45, 7) is 2.96. The number of ether oxygens (including phenoxy) is 1. The number of benzene rings is 1. The number of halogens is 1. The maximum absolute atomic E-state index is 12.6. The Morgan fingerprint density at radius 1 is 1.20 bits per heavy atom. The standard InChI is InChI=1S/C16H23FN2O/c17-12-14(8-9-18)13-20-16-6-4-15(5-7-16)19-10-2-1-3-11-19/h4-7,12H,1-3,8-11,13,18H2/b14-12+. The van der Waals surface area contributed by atoms with Crippen molar-refractivity contribution in [2.75, 3.05) is 31.1 Å². The monoisotopic (exact) mass is 278 g/mol. The fourth-order valence-electron chi connectivity index (χ4n) is 2.42. The SMILES string of the molecule is NCC/C(=C\F)COc1ccc(N2CCCCC2)cc1. The maximum Gasteiger partial charge on any atom is 0.119 e. The summed E-state index contributed by atoms with van der Waals surface area (Å²) in [6.07, 6.45) is 4.98. The molecule has 110 valence electrons. The highest BCUT2D eigenvalue weighted by molar-refractivity contribution is 5.49. The summed E-state index contributed by atoms with van der Waals surface area (Å²) in [5.74, 6) is 0.766. The fourth-order valence-corrected chi connectivity index (χ4v) is 2.42. The molecule has 0 saturated carbocycles. The van der Waals surface area contributed by atoms with Gasteiger partial charge in [-0.2, -0.15) is 0 Å². The molecular formula is C16H23FN2O. The number of hydrogen-bond acceptors (Lipinski definition) is 3. The molecule has 3 nitrogen and oxygen atoms in total. The molecule has 1 heterocycles. The number of nitrogens with two attached hydrogens (primary N) is 1. The molecule has 0 bridgehead atoms. The van der Waals surface area contributed by atoms with E-state index in [0.29, 0.717) is 24.9 Å². The summed E-state index contributed by atoms with van der Waals surface area (Å²) >= 11 is 0. The van der Waals surface area contributed by atoms with Gasteiger partial charge in [0, 0.05) is 18.8 Å². The van der Waals surface area contributed by atoms with Crippen molar-refractivity contribution in [1.82, 2.24) is 0 Å². The predicted octanol–water partition coefficient (Wildman–Crippen LogP) is 3.26. The summed E-state index contributed by atoms with van der Waals surface area (Å²) in [5.41, 5.74) is 7.23. The van der Waals surface area contributed by atoms with Crippen LogP contribution >= 0.6 is 0 Å². The van der Waals surface area contributed by atoms with Gasteiger partial charge in [0.25, 0.3) is 0 Å². The molecule has 0 radical (unpaired) electrons. The fraction of sp³-hybridized carbons (Fsp3) is 0.500. The van der Waals surface area contributed by atoms with Gasteiger partial charge in [-0.1, -0.05) is 0 Å². The van der Waals surface area contributed by atoms with Crippen molar-refractivity contribution < 1.29 is 9.13 Å². The van der Waals surface area contributed by atoms with Crippen molar-refractivity contribution >= 4 is 5.69 Å². The topological polar surface area (TPSA) is 38.5 Å². The van der Waals surface area contributed by atoms with Gasteiger partial charge in [0.05, 0.1) is 6.33 Å². The van der Waals surface area contributed by atoms with Gasteiger partial charge < -0.3 is 15.4 Å². The van der Waals surface area contributed by atoms with Gasteiger partial charge in [-0.15, -0.1) is 0 Å². The van der Waals surface area contributed by atoms with Crippen molar-refractivity contribution in [3.63, 3.8) is 0 Å². The van der Waals surface area contributed by atoms with Gasteiger partial charge in [0.2, 0.25) is 0 Å². The van der Waals surface area contributed by atoms with Crippen LogP contribution in [-0.2, 0) is 0 Å². The third-order valence-electron chi connectivity index (χ3n) is 3.60. The van der Waals surface area contributed by atoms with Gasteiger partial charge in [-0.3, -0.25) is 0 Å².